The summed E-state index contributed by atoms with van der Waals surface area (Å²) in [6.45, 7) is 5.56. The smallest absolute Gasteiger partial charge is 0.497 e. The number of ether oxygens (including phenoxy) is 1. The fraction of sp³-hybridized carbons (Fsp3) is 0.200. The van der Waals surface area contributed by atoms with E-state index < -0.39 is 0 Å². The van der Waals surface area contributed by atoms with Crippen molar-refractivity contribution in [1.82, 2.24) is 0 Å². The summed E-state index contributed by atoms with van der Waals surface area (Å²) in [6, 6.07) is 7.55. The number of rotatable bonds is 2. The number of hydrogen-bond donors (Lipinski definition) is 0. The van der Waals surface area contributed by atoms with Gasteiger partial charge in [0.2, 0.25) is 0 Å². The van der Waals surface area contributed by atoms with Gasteiger partial charge in [0.15, 0.2) is 0 Å². The predicted octanol–water partition coefficient (Wildman–Crippen LogP) is -0.374. The van der Waals surface area contributed by atoms with Gasteiger partial charge in [-0.1, -0.05) is 6.92 Å². The summed E-state index contributed by atoms with van der Waals surface area (Å²) in [7, 11) is 1.64. The van der Waals surface area contributed by atoms with E-state index in [2.05, 4.69) is 11.9 Å². The van der Waals surface area contributed by atoms with E-state index in [0.29, 0.717) is 0 Å². The molecule has 0 radical (unpaired) electrons. The average molecular weight is 169 g/mol. The fourth-order valence-corrected chi connectivity index (χ4v) is 0.877. The van der Waals surface area contributed by atoms with Crippen LogP contribution in [-0.2, 0) is 0 Å². The van der Waals surface area contributed by atoms with Crippen molar-refractivity contribution in [3.05, 3.63) is 31.2 Å². The molecule has 64 valence electrons. The Morgan fingerprint density at radius 2 is 1.85 bits per heavy atom. The zero-order valence-corrected chi connectivity index (χ0v) is 8.37. The normalized spacial score (nSPS) is 10.5. The maximum Gasteiger partial charge on any atom is 1.00 e. The largest absolute Gasteiger partial charge is 1.00 e. The van der Waals surface area contributed by atoms with Gasteiger partial charge in [-0.3, -0.25) is 4.99 Å². The molecule has 0 unspecified atom stereocenters. The van der Waals surface area contributed by atoms with Gasteiger partial charge in [-0.05, 0) is 24.3 Å². The molecule has 0 spiro atoms. The first kappa shape index (κ1) is 12.2. The van der Waals surface area contributed by atoms with Crippen molar-refractivity contribution >= 4 is 11.4 Å². The third-order valence-corrected chi connectivity index (χ3v) is 1.39. The maximum absolute atomic E-state index is 5.01. The molecule has 0 aliphatic heterocycles. The van der Waals surface area contributed by atoms with E-state index in [9.17, 15) is 0 Å². The molecule has 0 saturated carbocycles. The molecule has 0 aromatic heterocycles. The second-order valence-corrected chi connectivity index (χ2v) is 2.55. The van der Waals surface area contributed by atoms with Crippen molar-refractivity contribution < 1.29 is 23.6 Å². The standard InChI is InChI=1S/C10H12NO.Li/c1-8(2)11-9-4-6-10(12-3)7-5-9;/h4-7H,1H2,2-3H3;/q-1;+1. The van der Waals surface area contributed by atoms with Gasteiger partial charge < -0.3 is 11.7 Å². The van der Waals surface area contributed by atoms with E-state index in [1.807, 2.05) is 31.2 Å². The number of methoxy groups -OCH3 is 1. The molecule has 1 aromatic rings. The molecule has 13 heavy (non-hydrogen) atoms. The first-order valence-corrected chi connectivity index (χ1v) is 3.73. The van der Waals surface area contributed by atoms with Gasteiger partial charge in [-0.15, -0.1) is 5.71 Å². The van der Waals surface area contributed by atoms with E-state index in [1.165, 1.54) is 0 Å². The zero-order valence-electron chi connectivity index (χ0n) is 8.37. The SMILES string of the molecule is [CH2-]C(C)=Nc1ccc(OC)cc1.[Li+]. The van der Waals surface area contributed by atoms with Gasteiger partial charge in [0, 0.05) is 0 Å². The van der Waals surface area contributed by atoms with Crippen LogP contribution in [0.25, 0.3) is 0 Å². The Kier molecular flexibility index (Phi) is 5.37. The van der Waals surface area contributed by atoms with E-state index in [4.69, 9.17) is 4.74 Å². The van der Waals surface area contributed by atoms with Crippen molar-refractivity contribution in [1.29, 1.82) is 0 Å². The van der Waals surface area contributed by atoms with Gasteiger partial charge in [0.25, 0.3) is 0 Å². The summed E-state index contributed by atoms with van der Waals surface area (Å²) >= 11 is 0. The summed E-state index contributed by atoms with van der Waals surface area (Å²) in [6.07, 6.45) is 0. The molecule has 0 amide bonds. The molecule has 1 aromatic carbocycles. The van der Waals surface area contributed by atoms with Crippen molar-refractivity contribution in [3.63, 3.8) is 0 Å². The molecule has 3 heteroatoms. The summed E-state index contributed by atoms with van der Waals surface area (Å²) in [5, 5.41) is 0. The molecule has 0 fully saturated rings. The molecule has 0 saturated heterocycles. The van der Waals surface area contributed by atoms with Crippen LogP contribution < -0.4 is 23.6 Å². The average Bonchev–Trinajstić information content (AvgIpc) is 2.05. The molecule has 1 rings (SSSR count). The van der Waals surface area contributed by atoms with Gasteiger partial charge >= 0.3 is 18.9 Å². The van der Waals surface area contributed by atoms with E-state index >= 15 is 0 Å². The molecule has 0 heterocycles. The predicted molar refractivity (Wildman–Crippen MR) is 51.1 cm³/mol. The minimum atomic E-state index is 0. The molecule has 0 atom stereocenters. The van der Waals surface area contributed by atoms with Crippen LogP contribution in [0.1, 0.15) is 6.92 Å². The Hall–Kier alpha value is -0.843. The summed E-state index contributed by atoms with van der Waals surface area (Å²) in [5.41, 5.74) is 1.71. The summed E-state index contributed by atoms with van der Waals surface area (Å²) in [5.74, 6) is 0.843. The van der Waals surface area contributed by atoms with E-state index in [0.717, 1.165) is 17.1 Å². The van der Waals surface area contributed by atoms with Crippen LogP contribution in [0.2, 0.25) is 0 Å². The van der Waals surface area contributed by atoms with E-state index in [-0.39, 0.29) is 18.9 Å². The first-order valence-electron chi connectivity index (χ1n) is 3.73. The quantitative estimate of drug-likeness (QED) is 0.336. The Balaban J connectivity index is 0.00000144. The number of aliphatic imine (C=N–C) groups is 1. The van der Waals surface area contributed by atoms with Crippen LogP contribution in [0.3, 0.4) is 0 Å². The first-order chi connectivity index (χ1) is 5.72. The second-order valence-electron chi connectivity index (χ2n) is 2.55. The molecule has 0 aliphatic rings. The van der Waals surface area contributed by atoms with Crippen molar-refractivity contribution in [2.45, 2.75) is 6.92 Å². The van der Waals surface area contributed by atoms with E-state index in [1.54, 1.807) is 7.11 Å². The minimum absolute atomic E-state index is 0. The number of benzene rings is 1. The summed E-state index contributed by atoms with van der Waals surface area (Å²) in [4.78, 5) is 4.18. The Labute approximate surface area is 91.2 Å². The molecular formula is C10H12LiNO. The van der Waals surface area contributed by atoms with Crippen LogP contribution in [0.5, 0.6) is 5.75 Å². The molecule has 2 nitrogen and oxygen atoms in total. The third-order valence-electron chi connectivity index (χ3n) is 1.39. The van der Waals surface area contributed by atoms with Crippen LogP contribution in [0.4, 0.5) is 5.69 Å². The Morgan fingerprint density at radius 3 is 2.23 bits per heavy atom. The molecule has 0 bridgehead atoms. The topological polar surface area (TPSA) is 21.6 Å². The van der Waals surface area contributed by atoms with Gasteiger partial charge in [-0.25, -0.2) is 0 Å². The van der Waals surface area contributed by atoms with Gasteiger partial charge in [-0.2, -0.15) is 0 Å². The third kappa shape index (κ3) is 4.07. The molecule has 0 aliphatic carbocycles. The van der Waals surface area contributed by atoms with Crippen LogP contribution in [-0.4, -0.2) is 12.8 Å². The Morgan fingerprint density at radius 1 is 1.31 bits per heavy atom. The second kappa shape index (κ2) is 5.74. The van der Waals surface area contributed by atoms with Gasteiger partial charge in [0.05, 0.1) is 12.8 Å². The molecule has 0 N–H and O–H groups in total. The number of hydrogen-bond acceptors (Lipinski definition) is 2. The van der Waals surface area contributed by atoms with Crippen molar-refractivity contribution in [3.8, 4) is 5.75 Å². The van der Waals surface area contributed by atoms with Crippen molar-refractivity contribution in [2.75, 3.05) is 7.11 Å². The van der Waals surface area contributed by atoms with Gasteiger partial charge in [0.1, 0.15) is 5.75 Å². The molecular weight excluding hydrogens is 157 g/mol. The van der Waals surface area contributed by atoms with Crippen LogP contribution >= 0.6 is 0 Å². The number of nitrogens with zero attached hydrogens (tertiary/aromatic N) is 1. The minimum Gasteiger partial charge on any atom is -0.497 e. The monoisotopic (exact) mass is 169 g/mol. The van der Waals surface area contributed by atoms with Crippen LogP contribution in [0, 0.1) is 6.92 Å². The fourth-order valence-electron chi connectivity index (χ4n) is 0.877. The van der Waals surface area contributed by atoms with Crippen molar-refractivity contribution in [2.24, 2.45) is 4.99 Å². The summed E-state index contributed by atoms with van der Waals surface area (Å²) < 4.78 is 5.01. The Bertz CT molecular complexity index is 275. The zero-order chi connectivity index (χ0) is 8.97. The van der Waals surface area contributed by atoms with Crippen LogP contribution in [0.15, 0.2) is 29.3 Å². The maximum atomic E-state index is 5.01.